The molecule has 1 nitrogen and oxygen atoms in total. The van der Waals surface area contributed by atoms with Crippen LogP contribution in [0.25, 0.3) is 0 Å². The third-order valence-electron chi connectivity index (χ3n) is 4.19. The van der Waals surface area contributed by atoms with Crippen LogP contribution >= 0.6 is 0 Å². The quantitative estimate of drug-likeness (QED) is 0.338. The van der Waals surface area contributed by atoms with E-state index in [4.69, 9.17) is 4.43 Å². The number of allylic oxidation sites excluding steroid dienone is 3. The molecule has 0 rings (SSSR count). The molecule has 0 fully saturated rings. The van der Waals surface area contributed by atoms with E-state index in [0.29, 0.717) is 11.8 Å². The van der Waals surface area contributed by atoms with E-state index >= 15 is 0 Å². The Balaban J connectivity index is 4.91. The highest BCUT2D eigenvalue weighted by molar-refractivity contribution is 6.74. The average Bonchev–Trinajstić information content (AvgIpc) is 2.24. The van der Waals surface area contributed by atoms with Crippen LogP contribution in [0, 0.1) is 11.8 Å². The minimum Gasteiger partial charge on any atom is -0.547 e. The van der Waals surface area contributed by atoms with Gasteiger partial charge in [-0.25, -0.2) is 0 Å². The highest BCUT2D eigenvalue weighted by atomic mass is 28.4. The molecule has 0 heterocycles. The Morgan fingerprint density at radius 1 is 1.22 bits per heavy atom. The van der Waals surface area contributed by atoms with Crippen LogP contribution in [-0.2, 0) is 4.43 Å². The Labute approximate surface area is 115 Å². The van der Waals surface area contributed by atoms with E-state index in [-0.39, 0.29) is 5.04 Å². The Hall–Kier alpha value is -0.503. The summed E-state index contributed by atoms with van der Waals surface area (Å²) in [6.07, 6.45) is 5.27. The molecule has 0 saturated heterocycles. The lowest BCUT2D eigenvalue weighted by molar-refractivity contribution is 0.362. The van der Waals surface area contributed by atoms with Crippen LogP contribution in [0.4, 0.5) is 0 Å². The maximum atomic E-state index is 6.38. The van der Waals surface area contributed by atoms with Crippen molar-refractivity contribution in [3.8, 4) is 0 Å². The molecule has 0 spiro atoms. The Morgan fingerprint density at radius 3 is 2.06 bits per heavy atom. The highest BCUT2D eigenvalue weighted by Crippen LogP contribution is 2.38. The molecule has 0 amide bonds. The third kappa shape index (κ3) is 5.01. The Kier molecular flexibility index (Phi) is 6.42. The standard InChI is InChI=1S/C16H32OSi/c1-10-13(3)14(4)12-15(11-2)17-18(8,9)16(5,6)7/h10,12-14H,1,11H2,2-9H3/b15-12-. The Morgan fingerprint density at radius 2 is 1.72 bits per heavy atom. The van der Waals surface area contributed by atoms with E-state index in [9.17, 15) is 0 Å². The first-order valence-corrected chi connectivity index (χ1v) is 9.98. The van der Waals surface area contributed by atoms with Gasteiger partial charge in [0, 0.05) is 6.42 Å². The maximum Gasteiger partial charge on any atom is 0.250 e. The zero-order valence-corrected chi connectivity index (χ0v) is 14.6. The van der Waals surface area contributed by atoms with Gasteiger partial charge in [-0.2, -0.15) is 0 Å². The van der Waals surface area contributed by atoms with E-state index in [0.717, 1.165) is 12.2 Å². The minimum atomic E-state index is -1.69. The van der Waals surface area contributed by atoms with E-state index in [1.54, 1.807) is 0 Å². The predicted molar refractivity (Wildman–Crippen MR) is 85.2 cm³/mol. The number of hydrogen-bond donors (Lipinski definition) is 0. The number of rotatable bonds is 6. The van der Waals surface area contributed by atoms with Crippen molar-refractivity contribution in [3.05, 3.63) is 24.5 Å². The van der Waals surface area contributed by atoms with Gasteiger partial charge in [0.15, 0.2) is 0 Å². The van der Waals surface area contributed by atoms with Crippen LogP contribution in [0.1, 0.15) is 48.0 Å². The van der Waals surface area contributed by atoms with Crippen LogP contribution in [-0.4, -0.2) is 8.32 Å². The lowest BCUT2D eigenvalue weighted by Crippen LogP contribution is -2.40. The van der Waals surface area contributed by atoms with Gasteiger partial charge in [-0.3, -0.25) is 0 Å². The lowest BCUT2D eigenvalue weighted by Gasteiger charge is -2.37. The highest BCUT2D eigenvalue weighted by Gasteiger charge is 2.39. The SMILES string of the molecule is C=CC(C)C(C)/C=C(/CC)O[Si](C)(C)C(C)(C)C. The van der Waals surface area contributed by atoms with Crippen LogP contribution in [0.2, 0.25) is 18.1 Å². The smallest absolute Gasteiger partial charge is 0.250 e. The van der Waals surface area contributed by atoms with E-state index in [1.807, 2.05) is 6.08 Å². The molecule has 0 aliphatic heterocycles. The molecule has 0 bridgehead atoms. The summed E-state index contributed by atoms with van der Waals surface area (Å²) in [5.41, 5.74) is 0. The van der Waals surface area contributed by atoms with Gasteiger partial charge in [-0.05, 0) is 36.0 Å². The summed E-state index contributed by atoms with van der Waals surface area (Å²) in [5, 5.41) is 0.258. The van der Waals surface area contributed by atoms with E-state index in [2.05, 4.69) is 67.3 Å². The largest absolute Gasteiger partial charge is 0.547 e. The first kappa shape index (κ1) is 17.5. The van der Waals surface area contributed by atoms with E-state index < -0.39 is 8.32 Å². The van der Waals surface area contributed by atoms with Gasteiger partial charge in [-0.15, -0.1) is 6.58 Å². The zero-order chi connectivity index (χ0) is 14.6. The molecule has 0 aliphatic rings. The molecule has 106 valence electrons. The molecule has 0 aromatic heterocycles. The van der Waals surface area contributed by atoms with Gasteiger partial charge >= 0.3 is 0 Å². The van der Waals surface area contributed by atoms with Crippen LogP contribution in [0.3, 0.4) is 0 Å². The molecule has 2 heteroatoms. The zero-order valence-electron chi connectivity index (χ0n) is 13.6. The fourth-order valence-corrected chi connectivity index (χ4v) is 2.54. The minimum absolute atomic E-state index is 0.258. The first-order valence-electron chi connectivity index (χ1n) is 7.07. The summed E-state index contributed by atoms with van der Waals surface area (Å²) in [7, 11) is -1.69. The monoisotopic (exact) mass is 268 g/mol. The summed E-state index contributed by atoms with van der Waals surface area (Å²) in [4.78, 5) is 0. The van der Waals surface area contributed by atoms with Crippen molar-refractivity contribution in [3.63, 3.8) is 0 Å². The normalized spacial score (nSPS) is 17.2. The topological polar surface area (TPSA) is 9.23 Å². The lowest BCUT2D eigenvalue weighted by atomic mass is 9.95. The van der Waals surface area contributed by atoms with Crippen LogP contribution < -0.4 is 0 Å². The third-order valence-corrected chi connectivity index (χ3v) is 8.58. The molecule has 0 saturated carbocycles. The van der Waals surface area contributed by atoms with Gasteiger partial charge in [0.05, 0.1) is 5.76 Å². The van der Waals surface area contributed by atoms with Crippen LogP contribution in [0.5, 0.6) is 0 Å². The number of hydrogen-bond acceptors (Lipinski definition) is 1. The molecule has 0 radical (unpaired) electrons. The van der Waals surface area contributed by atoms with Crippen molar-refractivity contribution in [1.29, 1.82) is 0 Å². The van der Waals surface area contributed by atoms with Gasteiger partial charge in [0.2, 0.25) is 8.32 Å². The summed E-state index contributed by atoms with van der Waals surface area (Å²) in [6, 6.07) is 0. The van der Waals surface area contributed by atoms with Crippen molar-refractivity contribution in [2.24, 2.45) is 11.8 Å². The van der Waals surface area contributed by atoms with Crippen LogP contribution in [0.15, 0.2) is 24.5 Å². The fourth-order valence-electron chi connectivity index (χ4n) is 1.36. The molecule has 0 aliphatic carbocycles. The van der Waals surface area contributed by atoms with Gasteiger partial charge in [-0.1, -0.05) is 47.6 Å². The molecule has 0 N–H and O–H groups in total. The van der Waals surface area contributed by atoms with Gasteiger partial charge < -0.3 is 4.43 Å². The molecular formula is C16H32OSi. The predicted octanol–water partition coefficient (Wildman–Crippen LogP) is 5.76. The van der Waals surface area contributed by atoms with Gasteiger partial charge in [0.1, 0.15) is 0 Å². The molecule has 0 aromatic carbocycles. The van der Waals surface area contributed by atoms with Crippen molar-refractivity contribution >= 4 is 8.32 Å². The summed E-state index contributed by atoms with van der Waals surface area (Å²) >= 11 is 0. The molecular weight excluding hydrogens is 236 g/mol. The summed E-state index contributed by atoms with van der Waals surface area (Å²) in [6.45, 7) is 21.9. The molecule has 18 heavy (non-hydrogen) atoms. The van der Waals surface area contributed by atoms with Crippen molar-refractivity contribution < 1.29 is 4.43 Å². The van der Waals surface area contributed by atoms with Crippen molar-refractivity contribution in [2.45, 2.75) is 66.1 Å². The second-order valence-corrected chi connectivity index (χ2v) is 11.5. The van der Waals surface area contributed by atoms with Gasteiger partial charge in [0.25, 0.3) is 0 Å². The molecule has 2 unspecified atom stereocenters. The molecule has 2 atom stereocenters. The summed E-state index contributed by atoms with van der Waals surface area (Å²) in [5.74, 6) is 2.14. The van der Waals surface area contributed by atoms with Crippen molar-refractivity contribution in [1.82, 2.24) is 0 Å². The fraction of sp³-hybridized carbons (Fsp3) is 0.750. The molecule has 0 aromatic rings. The second-order valence-electron chi connectivity index (χ2n) is 6.80. The average molecular weight is 269 g/mol. The first-order chi connectivity index (χ1) is 8.05. The Bertz CT molecular complexity index is 297. The second kappa shape index (κ2) is 6.60. The van der Waals surface area contributed by atoms with E-state index in [1.165, 1.54) is 0 Å². The summed E-state index contributed by atoms with van der Waals surface area (Å²) < 4.78 is 6.38. The van der Waals surface area contributed by atoms with Crippen molar-refractivity contribution in [2.75, 3.05) is 0 Å². The maximum absolute atomic E-state index is 6.38.